The summed E-state index contributed by atoms with van der Waals surface area (Å²) in [7, 11) is 0. The third-order valence-electron chi connectivity index (χ3n) is 3.78. The Bertz CT molecular complexity index is 224. The van der Waals surface area contributed by atoms with Crippen LogP contribution in [-0.2, 0) is 0 Å². The van der Waals surface area contributed by atoms with Crippen molar-refractivity contribution in [1.29, 1.82) is 0 Å². The van der Waals surface area contributed by atoms with Crippen LogP contribution >= 0.6 is 0 Å². The molecular formula is C13H22. The number of hydrogen-bond acceptors (Lipinski definition) is 0. The van der Waals surface area contributed by atoms with Gasteiger partial charge >= 0.3 is 0 Å². The van der Waals surface area contributed by atoms with E-state index in [0.717, 1.165) is 0 Å². The predicted molar refractivity (Wildman–Crippen MR) is 59.7 cm³/mol. The van der Waals surface area contributed by atoms with Crippen molar-refractivity contribution in [2.45, 2.75) is 46.5 Å². The lowest BCUT2D eigenvalue weighted by molar-refractivity contribution is 0.189. The van der Waals surface area contributed by atoms with Crippen LogP contribution in [-0.4, -0.2) is 0 Å². The Morgan fingerprint density at radius 2 is 1.85 bits per heavy atom. The maximum atomic E-state index is 4.14. The Morgan fingerprint density at radius 1 is 1.23 bits per heavy atom. The summed E-state index contributed by atoms with van der Waals surface area (Å²) in [5.74, 6) is 0.666. The van der Waals surface area contributed by atoms with Gasteiger partial charge in [0.25, 0.3) is 0 Å². The molecule has 0 heterocycles. The predicted octanol–water partition coefficient (Wildman–Crippen LogP) is 4.34. The van der Waals surface area contributed by atoms with E-state index in [1.54, 1.807) is 0 Å². The van der Waals surface area contributed by atoms with Gasteiger partial charge < -0.3 is 0 Å². The number of hydrogen-bond donors (Lipinski definition) is 0. The second kappa shape index (κ2) is 3.69. The van der Waals surface area contributed by atoms with Gasteiger partial charge in [-0.25, -0.2) is 0 Å². The van der Waals surface area contributed by atoms with Gasteiger partial charge in [-0.1, -0.05) is 44.1 Å². The van der Waals surface area contributed by atoms with Crippen LogP contribution in [0.2, 0.25) is 0 Å². The Morgan fingerprint density at radius 3 is 2.23 bits per heavy atom. The smallest absolute Gasteiger partial charge is 0.00566 e. The molecule has 0 N–H and O–H groups in total. The van der Waals surface area contributed by atoms with Crippen LogP contribution in [0.3, 0.4) is 0 Å². The molecule has 0 aromatic carbocycles. The standard InChI is InChI=1S/C13H22/c1-10(2)12-8-6-7-9-13(12,5)11(3)4/h12H,1,3,6-9H2,2,4-5H3/t12?,13-/m0/s1. The van der Waals surface area contributed by atoms with Crippen LogP contribution in [0.4, 0.5) is 0 Å². The summed E-state index contributed by atoms with van der Waals surface area (Å²) in [5, 5.41) is 0. The molecule has 1 aliphatic carbocycles. The van der Waals surface area contributed by atoms with Gasteiger partial charge in [-0.2, -0.15) is 0 Å². The first-order chi connectivity index (χ1) is 5.98. The molecule has 0 bridgehead atoms. The molecule has 0 aromatic heterocycles. The molecule has 74 valence electrons. The molecule has 2 atom stereocenters. The molecule has 0 saturated heterocycles. The first-order valence-corrected chi connectivity index (χ1v) is 5.30. The van der Waals surface area contributed by atoms with E-state index in [-0.39, 0.29) is 0 Å². The molecule has 1 fully saturated rings. The van der Waals surface area contributed by atoms with Crippen LogP contribution in [0.15, 0.2) is 24.3 Å². The van der Waals surface area contributed by atoms with Crippen LogP contribution in [0.1, 0.15) is 46.5 Å². The molecule has 0 aromatic rings. The molecule has 1 rings (SSSR count). The Hall–Kier alpha value is -0.520. The van der Waals surface area contributed by atoms with Crippen LogP contribution in [0.25, 0.3) is 0 Å². The highest BCUT2D eigenvalue weighted by molar-refractivity contribution is 5.17. The summed E-state index contributed by atoms with van der Waals surface area (Å²) in [5.41, 5.74) is 3.00. The molecule has 0 nitrogen and oxygen atoms in total. The summed E-state index contributed by atoms with van der Waals surface area (Å²) in [4.78, 5) is 0. The number of rotatable bonds is 2. The fraction of sp³-hybridized carbons (Fsp3) is 0.692. The van der Waals surface area contributed by atoms with Crippen molar-refractivity contribution in [3.05, 3.63) is 24.3 Å². The first kappa shape index (κ1) is 10.6. The zero-order chi connectivity index (χ0) is 10.1. The molecule has 0 aliphatic heterocycles. The van der Waals surface area contributed by atoms with E-state index in [4.69, 9.17) is 0 Å². The Kier molecular flexibility index (Phi) is 3.00. The largest absolute Gasteiger partial charge is 0.0998 e. The second-order valence-electron chi connectivity index (χ2n) is 4.84. The minimum Gasteiger partial charge on any atom is -0.0998 e. The van der Waals surface area contributed by atoms with E-state index >= 15 is 0 Å². The van der Waals surface area contributed by atoms with Crippen molar-refractivity contribution in [3.8, 4) is 0 Å². The van der Waals surface area contributed by atoms with Gasteiger partial charge in [-0.05, 0) is 38.0 Å². The normalized spacial score (nSPS) is 34.2. The van der Waals surface area contributed by atoms with Crippen LogP contribution in [0.5, 0.6) is 0 Å². The fourth-order valence-corrected chi connectivity index (χ4v) is 2.63. The van der Waals surface area contributed by atoms with Crippen molar-refractivity contribution in [3.63, 3.8) is 0 Å². The molecule has 1 saturated carbocycles. The molecule has 13 heavy (non-hydrogen) atoms. The zero-order valence-electron chi connectivity index (χ0n) is 9.32. The molecule has 1 unspecified atom stereocenters. The van der Waals surface area contributed by atoms with Crippen LogP contribution in [0, 0.1) is 11.3 Å². The lowest BCUT2D eigenvalue weighted by Gasteiger charge is -2.43. The summed E-state index contributed by atoms with van der Waals surface area (Å²) in [6.45, 7) is 14.9. The van der Waals surface area contributed by atoms with Crippen molar-refractivity contribution in [2.75, 3.05) is 0 Å². The van der Waals surface area contributed by atoms with Crippen molar-refractivity contribution < 1.29 is 0 Å². The monoisotopic (exact) mass is 178 g/mol. The lowest BCUT2D eigenvalue weighted by atomic mass is 9.62. The second-order valence-corrected chi connectivity index (χ2v) is 4.84. The van der Waals surface area contributed by atoms with Gasteiger partial charge in [0.1, 0.15) is 0 Å². The SMILES string of the molecule is C=C(C)C1CCCC[C@@]1(C)C(=C)C. The van der Waals surface area contributed by atoms with Crippen molar-refractivity contribution in [2.24, 2.45) is 11.3 Å². The summed E-state index contributed by atoms with van der Waals surface area (Å²) in [6, 6.07) is 0. The van der Waals surface area contributed by atoms with Gasteiger partial charge in [0.2, 0.25) is 0 Å². The molecule has 1 aliphatic rings. The molecule has 0 amide bonds. The van der Waals surface area contributed by atoms with Gasteiger partial charge in [0, 0.05) is 0 Å². The first-order valence-electron chi connectivity index (χ1n) is 5.30. The molecule has 0 heteroatoms. The minimum absolute atomic E-state index is 0.323. The zero-order valence-corrected chi connectivity index (χ0v) is 9.32. The fourth-order valence-electron chi connectivity index (χ4n) is 2.63. The summed E-state index contributed by atoms with van der Waals surface area (Å²) < 4.78 is 0. The molecule has 0 spiro atoms. The van der Waals surface area contributed by atoms with Gasteiger partial charge in [0.05, 0.1) is 0 Å². The third kappa shape index (κ3) is 1.87. The maximum Gasteiger partial charge on any atom is -0.00566 e. The Labute approximate surface area is 82.7 Å². The highest BCUT2D eigenvalue weighted by Gasteiger charge is 2.37. The molecule has 0 radical (unpaired) electrons. The van der Waals surface area contributed by atoms with E-state index in [1.807, 2.05) is 0 Å². The van der Waals surface area contributed by atoms with Crippen molar-refractivity contribution >= 4 is 0 Å². The summed E-state index contributed by atoms with van der Waals surface area (Å²) in [6.07, 6.45) is 5.31. The average molecular weight is 178 g/mol. The highest BCUT2D eigenvalue weighted by Crippen LogP contribution is 2.48. The average Bonchev–Trinajstić information content (AvgIpc) is 2.04. The van der Waals surface area contributed by atoms with E-state index in [0.29, 0.717) is 11.3 Å². The van der Waals surface area contributed by atoms with Gasteiger partial charge in [0.15, 0.2) is 0 Å². The Balaban J connectivity index is 2.89. The third-order valence-corrected chi connectivity index (χ3v) is 3.78. The number of allylic oxidation sites excluding steroid dienone is 2. The molecular weight excluding hydrogens is 156 g/mol. The van der Waals surface area contributed by atoms with Crippen molar-refractivity contribution in [1.82, 2.24) is 0 Å². The topological polar surface area (TPSA) is 0 Å². The van der Waals surface area contributed by atoms with E-state index in [9.17, 15) is 0 Å². The van der Waals surface area contributed by atoms with E-state index in [1.165, 1.54) is 36.8 Å². The summed E-state index contributed by atoms with van der Waals surface area (Å²) >= 11 is 0. The lowest BCUT2D eigenvalue weighted by Crippen LogP contribution is -2.32. The minimum atomic E-state index is 0.323. The van der Waals surface area contributed by atoms with Gasteiger partial charge in [-0.3, -0.25) is 0 Å². The maximum absolute atomic E-state index is 4.14. The van der Waals surface area contributed by atoms with E-state index in [2.05, 4.69) is 33.9 Å². The van der Waals surface area contributed by atoms with E-state index < -0.39 is 0 Å². The highest BCUT2D eigenvalue weighted by atomic mass is 14.4. The quantitative estimate of drug-likeness (QED) is 0.552. The van der Waals surface area contributed by atoms with Gasteiger partial charge in [-0.15, -0.1) is 0 Å². The van der Waals surface area contributed by atoms with Crippen LogP contribution < -0.4 is 0 Å².